The smallest absolute Gasteiger partial charge is 0.309 e. The Labute approximate surface area is 83.9 Å². The van der Waals surface area contributed by atoms with Crippen molar-refractivity contribution in [2.45, 2.75) is 20.3 Å². The number of hydrogen-bond donors (Lipinski definition) is 3. The van der Waals surface area contributed by atoms with Crippen molar-refractivity contribution in [1.29, 1.82) is 0 Å². The van der Waals surface area contributed by atoms with Crippen LogP contribution in [0.25, 0.3) is 0 Å². The Balaban J connectivity index is 3.57. The second-order valence-electron chi connectivity index (χ2n) is 3.42. The third kappa shape index (κ3) is 6.42. The molecular weight excluding hydrogens is 184 g/mol. The Kier molecular flexibility index (Phi) is 6.74. The molecule has 0 unspecified atom stereocenters. The van der Waals surface area contributed by atoms with E-state index in [2.05, 4.69) is 10.6 Å². The van der Waals surface area contributed by atoms with Gasteiger partial charge in [-0.15, -0.1) is 0 Å². The normalized spacial score (nSPS) is 10.0. The molecule has 5 heteroatoms. The standard InChI is InChI=1S/C9H18N2O3/c1-7(2)3-4-10-8(13)9(14)11-5-6-12/h7,12H,3-6H2,1-2H3,(H,10,13)(H,11,14). The molecule has 0 bridgehead atoms. The van der Waals surface area contributed by atoms with Crippen LogP contribution in [0.4, 0.5) is 0 Å². The van der Waals surface area contributed by atoms with E-state index in [1.54, 1.807) is 0 Å². The minimum atomic E-state index is -0.692. The van der Waals surface area contributed by atoms with Crippen LogP contribution < -0.4 is 10.6 Å². The van der Waals surface area contributed by atoms with Gasteiger partial charge in [0.1, 0.15) is 0 Å². The topological polar surface area (TPSA) is 78.4 Å². The van der Waals surface area contributed by atoms with E-state index < -0.39 is 11.8 Å². The second-order valence-corrected chi connectivity index (χ2v) is 3.42. The van der Waals surface area contributed by atoms with Gasteiger partial charge in [-0.2, -0.15) is 0 Å². The maximum absolute atomic E-state index is 11.0. The van der Waals surface area contributed by atoms with Gasteiger partial charge in [-0.25, -0.2) is 0 Å². The van der Waals surface area contributed by atoms with Crippen LogP contribution in [0.2, 0.25) is 0 Å². The first-order chi connectivity index (χ1) is 6.57. The van der Waals surface area contributed by atoms with E-state index in [4.69, 9.17) is 5.11 Å². The number of aliphatic hydroxyl groups excluding tert-OH is 1. The molecule has 0 rings (SSSR count). The van der Waals surface area contributed by atoms with E-state index in [0.29, 0.717) is 12.5 Å². The molecule has 0 fully saturated rings. The van der Waals surface area contributed by atoms with Gasteiger partial charge in [0.25, 0.3) is 0 Å². The quantitative estimate of drug-likeness (QED) is 0.514. The van der Waals surface area contributed by atoms with Gasteiger partial charge in [0.15, 0.2) is 0 Å². The lowest BCUT2D eigenvalue weighted by atomic mass is 10.1. The molecule has 0 saturated carbocycles. The lowest BCUT2D eigenvalue weighted by Crippen LogP contribution is -2.41. The number of aliphatic hydroxyl groups is 1. The summed E-state index contributed by atoms with van der Waals surface area (Å²) in [6.45, 7) is 4.53. The summed E-state index contributed by atoms with van der Waals surface area (Å²) in [6, 6.07) is 0. The molecule has 3 N–H and O–H groups in total. The molecule has 0 aliphatic rings. The molecule has 0 radical (unpaired) electrons. The van der Waals surface area contributed by atoms with Gasteiger partial charge in [0.2, 0.25) is 0 Å². The van der Waals surface area contributed by atoms with Crippen LogP contribution in [0.3, 0.4) is 0 Å². The highest BCUT2D eigenvalue weighted by atomic mass is 16.3. The van der Waals surface area contributed by atoms with Crippen molar-refractivity contribution in [2.24, 2.45) is 5.92 Å². The average Bonchev–Trinajstić information content (AvgIpc) is 2.13. The van der Waals surface area contributed by atoms with E-state index in [9.17, 15) is 9.59 Å². The lowest BCUT2D eigenvalue weighted by molar-refractivity contribution is -0.139. The molecular formula is C9H18N2O3. The molecule has 0 heterocycles. The monoisotopic (exact) mass is 202 g/mol. The average molecular weight is 202 g/mol. The van der Waals surface area contributed by atoms with Crippen molar-refractivity contribution < 1.29 is 14.7 Å². The van der Waals surface area contributed by atoms with Gasteiger partial charge in [-0.3, -0.25) is 9.59 Å². The molecule has 0 aliphatic heterocycles. The molecule has 0 aromatic heterocycles. The molecule has 14 heavy (non-hydrogen) atoms. The van der Waals surface area contributed by atoms with Crippen LogP contribution in [-0.2, 0) is 9.59 Å². The number of carbonyl (C=O) groups excluding carboxylic acids is 2. The van der Waals surface area contributed by atoms with Crippen LogP contribution in [0.1, 0.15) is 20.3 Å². The van der Waals surface area contributed by atoms with Gasteiger partial charge in [-0.05, 0) is 12.3 Å². The summed E-state index contributed by atoms with van der Waals surface area (Å²) in [5, 5.41) is 13.2. The highest BCUT2D eigenvalue weighted by molar-refractivity contribution is 6.35. The Morgan fingerprint density at radius 3 is 2.07 bits per heavy atom. The summed E-state index contributed by atoms with van der Waals surface area (Å²) in [4.78, 5) is 22.0. The van der Waals surface area contributed by atoms with Crippen LogP contribution >= 0.6 is 0 Å². The van der Waals surface area contributed by atoms with E-state index in [1.165, 1.54) is 0 Å². The summed E-state index contributed by atoms with van der Waals surface area (Å²) in [6.07, 6.45) is 0.846. The Morgan fingerprint density at radius 1 is 1.14 bits per heavy atom. The van der Waals surface area contributed by atoms with Crippen LogP contribution in [0, 0.1) is 5.92 Å². The number of amides is 2. The Bertz CT molecular complexity index is 192. The minimum Gasteiger partial charge on any atom is -0.395 e. The predicted octanol–water partition coefficient (Wildman–Crippen LogP) is -0.743. The second kappa shape index (κ2) is 7.32. The van der Waals surface area contributed by atoms with E-state index in [0.717, 1.165) is 6.42 Å². The van der Waals surface area contributed by atoms with Crippen molar-refractivity contribution in [1.82, 2.24) is 10.6 Å². The zero-order valence-corrected chi connectivity index (χ0v) is 8.67. The lowest BCUT2D eigenvalue weighted by Gasteiger charge is -2.06. The van der Waals surface area contributed by atoms with Gasteiger partial charge in [0.05, 0.1) is 6.61 Å². The first kappa shape index (κ1) is 12.9. The summed E-state index contributed by atoms with van der Waals surface area (Å²) < 4.78 is 0. The number of carbonyl (C=O) groups is 2. The molecule has 0 aromatic rings. The first-order valence-electron chi connectivity index (χ1n) is 4.74. The maximum atomic E-state index is 11.0. The van der Waals surface area contributed by atoms with E-state index in [1.807, 2.05) is 13.8 Å². The summed E-state index contributed by atoms with van der Waals surface area (Å²) in [5.74, 6) is -0.835. The summed E-state index contributed by atoms with van der Waals surface area (Å²) >= 11 is 0. The highest BCUT2D eigenvalue weighted by Gasteiger charge is 2.11. The molecule has 5 nitrogen and oxygen atoms in total. The molecule has 0 saturated heterocycles. The minimum absolute atomic E-state index is 0.108. The van der Waals surface area contributed by atoms with E-state index >= 15 is 0 Å². The summed E-state index contributed by atoms with van der Waals surface area (Å²) in [7, 11) is 0. The third-order valence-corrected chi connectivity index (χ3v) is 1.61. The highest BCUT2D eigenvalue weighted by Crippen LogP contribution is 1.95. The molecule has 2 amide bonds. The van der Waals surface area contributed by atoms with E-state index in [-0.39, 0.29) is 13.2 Å². The SMILES string of the molecule is CC(C)CCNC(=O)C(=O)NCCO. The fourth-order valence-electron chi connectivity index (χ4n) is 0.804. The summed E-state index contributed by atoms with van der Waals surface area (Å²) in [5.41, 5.74) is 0. The molecule has 0 atom stereocenters. The van der Waals surface area contributed by atoms with Gasteiger partial charge >= 0.3 is 11.8 Å². The fraction of sp³-hybridized carbons (Fsp3) is 0.778. The van der Waals surface area contributed by atoms with Crippen LogP contribution in [-0.4, -0.2) is 36.6 Å². The predicted molar refractivity (Wildman–Crippen MR) is 52.6 cm³/mol. The van der Waals surface area contributed by atoms with Crippen molar-refractivity contribution in [3.63, 3.8) is 0 Å². The largest absolute Gasteiger partial charge is 0.395 e. The fourth-order valence-corrected chi connectivity index (χ4v) is 0.804. The zero-order valence-electron chi connectivity index (χ0n) is 8.67. The van der Waals surface area contributed by atoms with Gasteiger partial charge in [0, 0.05) is 13.1 Å². The van der Waals surface area contributed by atoms with Crippen molar-refractivity contribution in [3.8, 4) is 0 Å². The molecule has 0 aliphatic carbocycles. The molecule has 82 valence electrons. The maximum Gasteiger partial charge on any atom is 0.309 e. The van der Waals surface area contributed by atoms with Crippen molar-refractivity contribution in [3.05, 3.63) is 0 Å². The van der Waals surface area contributed by atoms with Crippen molar-refractivity contribution in [2.75, 3.05) is 19.7 Å². The number of hydrogen-bond acceptors (Lipinski definition) is 3. The number of nitrogens with one attached hydrogen (secondary N) is 2. The first-order valence-corrected chi connectivity index (χ1v) is 4.74. The number of rotatable bonds is 5. The third-order valence-electron chi connectivity index (χ3n) is 1.61. The van der Waals surface area contributed by atoms with Crippen LogP contribution in [0.15, 0.2) is 0 Å². The molecule has 0 spiro atoms. The van der Waals surface area contributed by atoms with Gasteiger partial charge < -0.3 is 15.7 Å². The van der Waals surface area contributed by atoms with Crippen molar-refractivity contribution >= 4 is 11.8 Å². The Morgan fingerprint density at radius 2 is 1.64 bits per heavy atom. The Hall–Kier alpha value is -1.10. The zero-order chi connectivity index (χ0) is 11.0. The van der Waals surface area contributed by atoms with Gasteiger partial charge in [-0.1, -0.05) is 13.8 Å². The van der Waals surface area contributed by atoms with Crippen LogP contribution in [0.5, 0.6) is 0 Å². The molecule has 0 aromatic carbocycles.